The first-order valence-corrected chi connectivity index (χ1v) is 6.97. The Morgan fingerprint density at radius 1 is 1.19 bits per heavy atom. The van der Waals surface area contributed by atoms with Crippen LogP contribution < -0.4 is 5.32 Å². The molecule has 0 aliphatic heterocycles. The van der Waals surface area contributed by atoms with Crippen molar-refractivity contribution in [1.82, 2.24) is 19.3 Å². The van der Waals surface area contributed by atoms with E-state index in [4.69, 9.17) is 0 Å². The Hall–Kier alpha value is -2.56. The van der Waals surface area contributed by atoms with E-state index in [-0.39, 0.29) is 0 Å². The zero-order valence-electron chi connectivity index (χ0n) is 12.5. The van der Waals surface area contributed by atoms with Gasteiger partial charge in [-0.2, -0.15) is 5.10 Å². The van der Waals surface area contributed by atoms with Gasteiger partial charge < -0.3 is 9.88 Å². The van der Waals surface area contributed by atoms with Gasteiger partial charge in [-0.1, -0.05) is 0 Å². The van der Waals surface area contributed by atoms with Crippen molar-refractivity contribution in [1.29, 1.82) is 0 Å². The lowest BCUT2D eigenvalue weighted by molar-refractivity contribution is 0.834. The summed E-state index contributed by atoms with van der Waals surface area (Å²) in [5, 5.41) is 7.71. The molecule has 0 atom stereocenters. The zero-order chi connectivity index (χ0) is 14.8. The zero-order valence-corrected chi connectivity index (χ0v) is 12.5. The second-order valence-electron chi connectivity index (χ2n) is 5.13. The van der Waals surface area contributed by atoms with Crippen LogP contribution in [0.4, 0.5) is 5.69 Å². The second-order valence-corrected chi connectivity index (χ2v) is 5.13. The summed E-state index contributed by atoms with van der Waals surface area (Å²) in [7, 11) is 2.09. The largest absolute Gasteiger partial charge is 0.378 e. The number of pyridine rings is 1. The molecule has 0 amide bonds. The van der Waals surface area contributed by atoms with Gasteiger partial charge in [0.1, 0.15) is 0 Å². The van der Waals surface area contributed by atoms with Crippen molar-refractivity contribution in [2.75, 3.05) is 5.32 Å². The van der Waals surface area contributed by atoms with Crippen molar-refractivity contribution in [3.63, 3.8) is 0 Å². The molecule has 0 saturated carbocycles. The molecule has 21 heavy (non-hydrogen) atoms. The summed E-state index contributed by atoms with van der Waals surface area (Å²) in [6.07, 6.45) is 5.43. The van der Waals surface area contributed by atoms with Crippen molar-refractivity contribution in [3.05, 3.63) is 59.8 Å². The van der Waals surface area contributed by atoms with Gasteiger partial charge in [0, 0.05) is 43.6 Å². The van der Waals surface area contributed by atoms with Crippen molar-refractivity contribution >= 4 is 5.69 Å². The Kier molecular flexibility index (Phi) is 3.48. The van der Waals surface area contributed by atoms with Crippen LogP contribution in [0.25, 0.3) is 5.82 Å². The molecule has 108 valence electrons. The predicted molar refractivity (Wildman–Crippen MR) is 83.6 cm³/mol. The maximum atomic E-state index is 4.41. The van der Waals surface area contributed by atoms with E-state index in [0.717, 1.165) is 18.1 Å². The quantitative estimate of drug-likeness (QED) is 0.800. The molecule has 5 nitrogen and oxygen atoms in total. The van der Waals surface area contributed by atoms with Crippen molar-refractivity contribution in [3.8, 4) is 5.82 Å². The third kappa shape index (κ3) is 2.54. The standard InChI is InChI=1S/C16H19N5/c1-12-10-14(13(2)20(12)3)11-18-15-6-4-7-17-16(15)21-9-5-8-19-21/h4-10,18H,11H2,1-3H3. The summed E-state index contributed by atoms with van der Waals surface area (Å²) in [4.78, 5) is 4.41. The number of aromatic nitrogens is 4. The van der Waals surface area contributed by atoms with E-state index >= 15 is 0 Å². The van der Waals surface area contributed by atoms with Gasteiger partial charge in [0.25, 0.3) is 0 Å². The highest BCUT2D eigenvalue weighted by Gasteiger charge is 2.09. The van der Waals surface area contributed by atoms with Crippen LogP contribution in [0.15, 0.2) is 42.9 Å². The van der Waals surface area contributed by atoms with Crippen LogP contribution in [0.5, 0.6) is 0 Å². The highest BCUT2D eigenvalue weighted by atomic mass is 15.3. The lowest BCUT2D eigenvalue weighted by atomic mass is 10.2. The fourth-order valence-electron chi connectivity index (χ4n) is 2.41. The second kappa shape index (κ2) is 5.44. The predicted octanol–water partition coefficient (Wildman–Crippen LogP) is 2.83. The average Bonchev–Trinajstić information content (AvgIpc) is 3.11. The van der Waals surface area contributed by atoms with E-state index in [1.165, 1.54) is 17.0 Å². The van der Waals surface area contributed by atoms with Gasteiger partial charge in [-0.05, 0) is 43.7 Å². The van der Waals surface area contributed by atoms with E-state index in [9.17, 15) is 0 Å². The number of hydrogen-bond donors (Lipinski definition) is 1. The lowest BCUT2D eigenvalue weighted by Gasteiger charge is -2.11. The molecule has 3 heterocycles. The molecule has 3 aromatic heterocycles. The van der Waals surface area contributed by atoms with Gasteiger partial charge in [-0.25, -0.2) is 9.67 Å². The summed E-state index contributed by atoms with van der Waals surface area (Å²) in [5.74, 6) is 0.813. The highest BCUT2D eigenvalue weighted by molar-refractivity contribution is 5.56. The summed E-state index contributed by atoms with van der Waals surface area (Å²) in [5.41, 5.74) is 4.82. The summed E-state index contributed by atoms with van der Waals surface area (Å²) in [6.45, 7) is 5.03. The molecule has 0 radical (unpaired) electrons. The average molecular weight is 281 g/mol. The molecule has 0 aromatic carbocycles. The number of aryl methyl sites for hydroxylation is 1. The maximum absolute atomic E-state index is 4.41. The van der Waals surface area contributed by atoms with E-state index in [0.29, 0.717) is 0 Å². The topological polar surface area (TPSA) is 47.7 Å². The smallest absolute Gasteiger partial charge is 0.176 e. The van der Waals surface area contributed by atoms with Gasteiger partial charge in [0.15, 0.2) is 5.82 Å². The number of anilines is 1. The highest BCUT2D eigenvalue weighted by Crippen LogP contribution is 2.19. The van der Waals surface area contributed by atoms with Crippen LogP contribution in [0, 0.1) is 13.8 Å². The fraction of sp³-hybridized carbons (Fsp3) is 0.250. The van der Waals surface area contributed by atoms with E-state index < -0.39 is 0 Å². The van der Waals surface area contributed by atoms with Crippen molar-refractivity contribution < 1.29 is 0 Å². The van der Waals surface area contributed by atoms with E-state index in [1.807, 2.05) is 24.4 Å². The van der Waals surface area contributed by atoms with Crippen LogP contribution >= 0.6 is 0 Å². The molecule has 0 aliphatic rings. The molecule has 0 bridgehead atoms. The normalized spacial score (nSPS) is 10.8. The van der Waals surface area contributed by atoms with Crippen molar-refractivity contribution in [2.24, 2.45) is 7.05 Å². The van der Waals surface area contributed by atoms with Crippen LogP contribution in [0.3, 0.4) is 0 Å². The van der Waals surface area contributed by atoms with Crippen LogP contribution in [-0.2, 0) is 13.6 Å². The Morgan fingerprint density at radius 3 is 2.71 bits per heavy atom. The molecule has 3 aromatic rings. The Bertz CT molecular complexity index is 740. The van der Waals surface area contributed by atoms with E-state index in [2.05, 4.69) is 46.9 Å². The maximum Gasteiger partial charge on any atom is 0.176 e. The molecule has 1 N–H and O–H groups in total. The number of nitrogens with one attached hydrogen (secondary N) is 1. The van der Waals surface area contributed by atoms with Gasteiger partial charge >= 0.3 is 0 Å². The molecule has 0 spiro atoms. The first-order chi connectivity index (χ1) is 10.2. The fourth-order valence-corrected chi connectivity index (χ4v) is 2.41. The number of rotatable bonds is 4. The monoisotopic (exact) mass is 281 g/mol. The summed E-state index contributed by atoms with van der Waals surface area (Å²) < 4.78 is 3.97. The van der Waals surface area contributed by atoms with Gasteiger partial charge in [0.05, 0.1) is 5.69 Å². The SMILES string of the molecule is Cc1cc(CNc2cccnc2-n2cccn2)c(C)n1C. The van der Waals surface area contributed by atoms with Crippen molar-refractivity contribution in [2.45, 2.75) is 20.4 Å². The Balaban J connectivity index is 1.84. The summed E-state index contributed by atoms with van der Waals surface area (Å²) in [6, 6.07) is 8.06. The van der Waals surface area contributed by atoms with Crippen LogP contribution in [0.1, 0.15) is 17.0 Å². The minimum Gasteiger partial charge on any atom is -0.378 e. The molecule has 0 fully saturated rings. The van der Waals surface area contributed by atoms with Gasteiger partial charge in [0.2, 0.25) is 0 Å². The lowest BCUT2D eigenvalue weighted by Crippen LogP contribution is -2.07. The third-order valence-corrected chi connectivity index (χ3v) is 3.86. The van der Waals surface area contributed by atoms with Gasteiger partial charge in [-0.3, -0.25) is 0 Å². The molecule has 0 unspecified atom stereocenters. The minimum atomic E-state index is 0.771. The molecular formula is C16H19N5. The summed E-state index contributed by atoms with van der Waals surface area (Å²) >= 11 is 0. The van der Waals surface area contributed by atoms with Crippen LogP contribution in [-0.4, -0.2) is 19.3 Å². The molecule has 0 aliphatic carbocycles. The molecule has 3 rings (SSSR count). The number of nitrogens with zero attached hydrogens (tertiary/aromatic N) is 4. The van der Waals surface area contributed by atoms with Crippen LogP contribution in [0.2, 0.25) is 0 Å². The Morgan fingerprint density at radius 2 is 2.05 bits per heavy atom. The van der Waals surface area contributed by atoms with E-state index in [1.54, 1.807) is 17.1 Å². The molecule has 5 heteroatoms. The first kappa shape index (κ1) is 13.4. The minimum absolute atomic E-state index is 0.771. The number of hydrogen-bond acceptors (Lipinski definition) is 3. The molecular weight excluding hydrogens is 262 g/mol. The van der Waals surface area contributed by atoms with Gasteiger partial charge in [-0.15, -0.1) is 0 Å². The Labute approximate surface area is 124 Å². The third-order valence-electron chi connectivity index (χ3n) is 3.86. The molecule has 0 saturated heterocycles. The first-order valence-electron chi connectivity index (χ1n) is 6.97.